The fourth-order valence-electron chi connectivity index (χ4n) is 1.96. The number of sulfone groups is 1. The average Bonchev–Trinajstić information content (AvgIpc) is 2.39. The Balaban J connectivity index is 2.81. The summed E-state index contributed by atoms with van der Waals surface area (Å²) in [4.78, 5) is 2.71. The molecular weight excluding hydrogens is 292 g/mol. The number of hydrogen-bond donors (Lipinski definition) is 1. The summed E-state index contributed by atoms with van der Waals surface area (Å²) in [6.07, 6.45) is 0. The van der Waals surface area contributed by atoms with Crippen LogP contribution < -0.4 is 5.73 Å². The Kier molecular flexibility index (Phi) is 6.10. The lowest BCUT2D eigenvalue weighted by molar-refractivity contribution is 0.247. The maximum atomic E-state index is 12.3. The van der Waals surface area contributed by atoms with Crippen LogP contribution >= 0.6 is 12.2 Å². The van der Waals surface area contributed by atoms with E-state index >= 15 is 0 Å². The van der Waals surface area contributed by atoms with Crippen molar-refractivity contribution in [3.63, 3.8) is 0 Å². The highest BCUT2D eigenvalue weighted by atomic mass is 32.2. The van der Waals surface area contributed by atoms with E-state index in [2.05, 4.69) is 18.7 Å². The van der Waals surface area contributed by atoms with Gasteiger partial charge in [-0.1, -0.05) is 31.3 Å². The number of thiocarbonyl (C=S) groups is 1. The van der Waals surface area contributed by atoms with Gasteiger partial charge in [0.15, 0.2) is 9.84 Å². The molecule has 20 heavy (non-hydrogen) atoms. The van der Waals surface area contributed by atoms with Crippen molar-refractivity contribution in [1.29, 1.82) is 0 Å². The summed E-state index contributed by atoms with van der Waals surface area (Å²) < 4.78 is 24.5. The first kappa shape index (κ1) is 17.1. The predicted molar refractivity (Wildman–Crippen MR) is 86.8 cm³/mol. The van der Waals surface area contributed by atoms with Crippen molar-refractivity contribution >= 4 is 27.0 Å². The fraction of sp³-hybridized carbons (Fsp3) is 0.500. The zero-order chi connectivity index (χ0) is 15.3. The van der Waals surface area contributed by atoms with Gasteiger partial charge in [0.25, 0.3) is 0 Å². The zero-order valence-electron chi connectivity index (χ0n) is 12.2. The van der Waals surface area contributed by atoms with Gasteiger partial charge in [-0.2, -0.15) is 0 Å². The highest BCUT2D eigenvalue weighted by molar-refractivity contribution is 7.91. The first-order valence-electron chi connectivity index (χ1n) is 6.64. The molecule has 0 bridgehead atoms. The number of rotatable bonds is 7. The second kappa shape index (κ2) is 7.15. The zero-order valence-corrected chi connectivity index (χ0v) is 13.8. The quantitative estimate of drug-likeness (QED) is 0.778. The third-order valence-corrected chi connectivity index (χ3v) is 5.23. The Hall–Kier alpha value is -0.980. The van der Waals surface area contributed by atoms with Crippen LogP contribution in [0.1, 0.15) is 26.3 Å². The standard InChI is InChI=1S/C14H22N2O2S2/c1-4-16(11(2)3)9-10-20(17,18)13-7-5-12(6-8-13)14(15)19/h5-8,11H,4,9-10H2,1-3H3,(H2,15,19). The fourth-order valence-corrected chi connectivity index (χ4v) is 3.36. The molecule has 0 aliphatic rings. The molecule has 0 aliphatic heterocycles. The molecule has 0 spiro atoms. The van der Waals surface area contributed by atoms with Crippen LogP contribution in [0, 0.1) is 0 Å². The van der Waals surface area contributed by atoms with Crippen molar-refractivity contribution < 1.29 is 8.42 Å². The largest absolute Gasteiger partial charge is 0.389 e. The van der Waals surface area contributed by atoms with Gasteiger partial charge >= 0.3 is 0 Å². The Morgan fingerprint density at radius 1 is 1.30 bits per heavy atom. The number of nitrogens with zero attached hydrogens (tertiary/aromatic N) is 1. The molecule has 1 aromatic carbocycles. The van der Waals surface area contributed by atoms with Crippen molar-refractivity contribution in [2.24, 2.45) is 5.73 Å². The van der Waals surface area contributed by atoms with E-state index in [1.807, 2.05) is 6.92 Å². The highest BCUT2D eigenvalue weighted by Gasteiger charge is 2.17. The Labute approximate surface area is 126 Å². The molecule has 0 saturated heterocycles. The van der Waals surface area contributed by atoms with E-state index in [1.165, 1.54) is 0 Å². The molecule has 0 unspecified atom stereocenters. The molecule has 1 aromatic rings. The summed E-state index contributed by atoms with van der Waals surface area (Å²) in [5, 5.41) is 0. The predicted octanol–water partition coefficient (Wildman–Crippen LogP) is 1.82. The maximum Gasteiger partial charge on any atom is 0.179 e. The molecule has 0 aromatic heterocycles. The molecule has 0 heterocycles. The van der Waals surface area contributed by atoms with Gasteiger partial charge in [0.2, 0.25) is 0 Å². The summed E-state index contributed by atoms with van der Waals surface area (Å²) in [7, 11) is -3.27. The van der Waals surface area contributed by atoms with E-state index in [4.69, 9.17) is 18.0 Å². The first-order valence-corrected chi connectivity index (χ1v) is 8.70. The second-order valence-corrected chi connectivity index (χ2v) is 7.48. The average molecular weight is 314 g/mol. The van der Waals surface area contributed by atoms with Crippen LogP contribution in [-0.2, 0) is 9.84 Å². The van der Waals surface area contributed by atoms with E-state index in [-0.39, 0.29) is 10.7 Å². The van der Waals surface area contributed by atoms with Crippen molar-refractivity contribution in [2.45, 2.75) is 31.7 Å². The summed E-state index contributed by atoms with van der Waals surface area (Å²) in [5.74, 6) is 0.117. The molecule has 1 rings (SSSR count). The van der Waals surface area contributed by atoms with Gasteiger partial charge < -0.3 is 10.6 Å². The van der Waals surface area contributed by atoms with Gasteiger partial charge in [-0.05, 0) is 32.5 Å². The minimum absolute atomic E-state index is 0.117. The third-order valence-electron chi connectivity index (χ3n) is 3.28. The van der Waals surface area contributed by atoms with Gasteiger partial charge in [-0.3, -0.25) is 0 Å². The van der Waals surface area contributed by atoms with Crippen LogP contribution in [0.2, 0.25) is 0 Å². The first-order chi connectivity index (χ1) is 9.27. The summed E-state index contributed by atoms with van der Waals surface area (Å²) in [6.45, 7) is 7.53. The van der Waals surface area contributed by atoms with Gasteiger partial charge in [0, 0.05) is 18.2 Å². The van der Waals surface area contributed by atoms with Gasteiger partial charge in [0.05, 0.1) is 10.6 Å². The SMILES string of the molecule is CCN(CCS(=O)(=O)c1ccc(C(N)=S)cc1)C(C)C. The highest BCUT2D eigenvalue weighted by Crippen LogP contribution is 2.13. The number of hydrogen-bond acceptors (Lipinski definition) is 4. The van der Waals surface area contributed by atoms with Crippen LogP contribution in [0.5, 0.6) is 0 Å². The molecule has 0 saturated carbocycles. The summed E-state index contributed by atoms with van der Waals surface area (Å²) in [5.41, 5.74) is 6.18. The molecular formula is C14H22N2O2S2. The van der Waals surface area contributed by atoms with Crippen LogP contribution in [0.25, 0.3) is 0 Å². The van der Waals surface area contributed by atoms with Crippen LogP contribution in [-0.4, -0.2) is 43.2 Å². The smallest absolute Gasteiger partial charge is 0.179 e. The minimum atomic E-state index is -3.27. The Morgan fingerprint density at radius 2 is 1.85 bits per heavy atom. The van der Waals surface area contributed by atoms with E-state index < -0.39 is 9.84 Å². The van der Waals surface area contributed by atoms with E-state index in [1.54, 1.807) is 24.3 Å². The lowest BCUT2D eigenvalue weighted by Crippen LogP contribution is -2.34. The molecule has 0 fully saturated rings. The van der Waals surface area contributed by atoms with Gasteiger partial charge in [0.1, 0.15) is 4.99 Å². The lowest BCUT2D eigenvalue weighted by atomic mass is 10.2. The topological polar surface area (TPSA) is 63.4 Å². The minimum Gasteiger partial charge on any atom is -0.389 e. The van der Waals surface area contributed by atoms with Crippen molar-refractivity contribution in [2.75, 3.05) is 18.8 Å². The molecule has 0 atom stereocenters. The van der Waals surface area contributed by atoms with Crippen LogP contribution in [0.4, 0.5) is 0 Å². The van der Waals surface area contributed by atoms with Crippen molar-refractivity contribution in [1.82, 2.24) is 4.90 Å². The van der Waals surface area contributed by atoms with E-state index in [9.17, 15) is 8.42 Å². The summed E-state index contributed by atoms with van der Waals surface area (Å²) in [6, 6.07) is 6.77. The Bertz CT molecular complexity index is 551. The molecule has 6 heteroatoms. The molecule has 4 nitrogen and oxygen atoms in total. The van der Waals surface area contributed by atoms with Crippen LogP contribution in [0.15, 0.2) is 29.2 Å². The number of nitrogens with two attached hydrogens (primary N) is 1. The lowest BCUT2D eigenvalue weighted by Gasteiger charge is -2.24. The molecule has 0 amide bonds. The number of benzene rings is 1. The van der Waals surface area contributed by atoms with E-state index in [0.717, 1.165) is 6.54 Å². The molecule has 112 valence electrons. The van der Waals surface area contributed by atoms with Gasteiger partial charge in [-0.25, -0.2) is 8.42 Å². The van der Waals surface area contributed by atoms with Crippen molar-refractivity contribution in [3.8, 4) is 0 Å². The summed E-state index contributed by atoms with van der Waals surface area (Å²) >= 11 is 4.85. The van der Waals surface area contributed by atoms with Crippen molar-refractivity contribution in [3.05, 3.63) is 29.8 Å². The third kappa shape index (κ3) is 4.54. The normalized spacial score (nSPS) is 12.1. The maximum absolute atomic E-state index is 12.3. The van der Waals surface area contributed by atoms with E-state index in [0.29, 0.717) is 23.0 Å². The van der Waals surface area contributed by atoms with Gasteiger partial charge in [-0.15, -0.1) is 0 Å². The monoisotopic (exact) mass is 314 g/mol. The second-order valence-electron chi connectivity index (χ2n) is 4.93. The van der Waals surface area contributed by atoms with Crippen LogP contribution in [0.3, 0.4) is 0 Å². The molecule has 2 N–H and O–H groups in total. The molecule has 0 aliphatic carbocycles. The molecule has 0 radical (unpaired) electrons. The Morgan fingerprint density at radius 3 is 2.25 bits per heavy atom.